The van der Waals surface area contributed by atoms with Crippen LogP contribution in [-0.4, -0.2) is 32.0 Å². The molecule has 1 heterocycles. The maximum atomic E-state index is 12.1. The summed E-state index contributed by atoms with van der Waals surface area (Å²) in [5, 5.41) is 11.1. The van der Waals surface area contributed by atoms with E-state index < -0.39 is 17.2 Å². The zero-order chi connectivity index (χ0) is 17.9. The Morgan fingerprint density at radius 2 is 1.88 bits per heavy atom. The quantitative estimate of drug-likeness (QED) is 0.790. The SMILES string of the molecule is CC(C)[C@@H](Sc1nnc(-c2ccc(Cl)cc2)n1C)C(=O)NC(N)=O. The lowest BCUT2D eigenvalue weighted by atomic mass is 10.1. The summed E-state index contributed by atoms with van der Waals surface area (Å²) in [5.74, 6) is 0.190. The Morgan fingerprint density at radius 1 is 1.25 bits per heavy atom. The Kier molecular flexibility index (Phi) is 5.84. The number of imide groups is 1. The minimum atomic E-state index is -0.869. The number of thioether (sulfide) groups is 1. The van der Waals surface area contributed by atoms with E-state index in [9.17, 15) is 9.59 Å². The molecule has 0 radical (unpaired) electrons. The van der Waals surface area contributed by atoms with Crippen LogP contribution in [0.5, 0.6) is 0 Å². The van der Waals surface area contributed by atoms with E-state index in [1.165, 1.54) is 11.8 Å². The van der Waals surface area contributed by atoms with Gasteiger partial charge in [0, 0.05) is 17.6 Å². The second-order valence-corrected chi connectivity index (χ2v) is 7.05. The molecule has 128 valence electrons. The molecule has 0 aliphatic heterocycles. The van der Waals surface area contributed by atoms with E-state index in [1.807, 2.05) is 33.0 Å². The van der Waals surface area contributed by atoms with Gasteiger partial charge in [0.15, 0.2) is 11.0 Å². The summed E-state index contributed by atoms with van der Waals surface area (Å²) in [6, 6.07) is 6.37. The van der Waals surface area contributed by atoms with Crippen LogP contribution in [0.2, 0.25) is 5.02 Å². The molecule has 0 bridgehead atoms. The smallest absolute Gasteiger partial charge is 0.318 e. The van der Waals surface area contributed by atoms with E-state index in [1.54, 1.807) is 16.7 Å². The second kappa shape index (κ2) is 7.67. The van der Waals surface area contributed by atoms with E-state index in [4.69, 9.17) is 17.3 Å². The van der Waals surface area contributed by atoms with E-state index >= 15 is 0 Å². The molecule has 3 N–H and O–H groups in total. The van der Waals surface area contributed by atoms with Crippen LogP contribution in [-0.2, 0) is 11.8 Å². The number of urea groups is 1. The van der Waals surface area contributed by atoms with Crippen LogP contribution in [0, 0.1) is 5.92 Å². The Morgan fingerprint density at radius 3 is 2.42 bits per heavy atom. The fourth-order valence-corrected chi connectivity index (χ4v) is 3.19. The van der Waals surface area contributed by atoms with Gasteiger partial charge < -0.3 is 10.3 Å². The molecule has 7 nitrogen and oxygen atoms in total. The molecule has 0 spiro atoms. The zero-order valence-corrected chi connectivity index (χ0v) is 15.1. The van der Waals surface area contributed by atoms with Crippen LogP contribution in [0.15, 0.2) is 29.4 Å². The van der Waals surface area contributed by atoms with Crippen molar-refractivity contribution < 1.29 is 9.59 Å². The monoisotopic (exact) mass is 367 g/mol. The van der Waals surface area contributed by atoms with E-state index in [0.29, 0.717) is 16.0 Å². The number of amides is 3. The van der Waals surface area contributed by atoms with E-state index in [-0.39, 0.29) is 5.92 Å². The predicted molar refractivity (Wildman–Crippen MR) is 93.7 cm³/mol. The summed E-state index contributed by atoms with van der Waals surface area (Å²) in [4.78, 5) is 23.0. The molecule has 1 aromatic heterocycles. The number of nitrogens with zero attached hydrogens (tertiary/aromatic N) is 3. The minimum absolute atomic E-state index is 0.0231. The number of rotatable bonds is 5. The van der Waals surface area contributed by atoms with Gasteiger partial charge in [-0.2, -0.15) is 0 Å². The van der Waals surface area contributed by atoms with Crippen LogP contribution in [0.1, 0.15) is 13.8 Å². The number of hydrogen-bond donors (Lipinski definition) is 2. The largest absolute Gasteiger partial charge is 0.351 e. The highest BCUT2D eigenvalue weighted by atomic mass is 35.5. The summed E-state index contributed by atoms with van der Waals surface area (Å²) in [7, 11) is 1.82. The lowest BCUT2D eigenvalue weighted by Gasteiger charge is -2.18. The Balaban J connectivity index is 2.24. The molecule has 0 fully saturated rings. The third kappa shape index (κ3) is 4.27. The van der Waals surface area contributed by atoms with Crippen LogP contribution < -0.4 is 11.1 Å². The number of hydrogen-bond acceptors (Lipinski definition) is 5. The lowest BCUT2D eigenvalue weighted by molar-refractivity contribution is -0.120. The predicted octanol–water partition coefficient (Wildman–Crippen LogP) is 2.45. The summed E-state index contributed by atoms with van der Waals surface area (Å²) in [6.45, 7) is 3.77. The minimum Gasteiger partial charge on any atom is -0.351 e. The molecule has 1 atom stereocenters. The van der Waals surface area contributed by atoms with Gasteiger partial charge >= 0.3 is 6.03 Å². The first-order valence-corrected chi connectivity index (χ1v) is 8.47. The van der Waals surface area contributed by atoms with Crippen molar-refractivity contribution in [1.29, 1.82) is 0 Å². The first-order valence-electron chi connectivity index (χ1n) is 7.22. The van der Waals surface area contributed by atoms with Gasteiger partial charge in [-0.25, -0.2) is 4.79 Å². The molecule has 0 aliphatic rings. The van der Waals surface area contributed by atoms with Crippen molar-refractivity contribution >= 4 is 35.3 Å². The lowest BCUT2D eigenvalue weighted by Crippen LogP contribution is -2.42. The van der Waals surface area contributed by atoms with Gasteiger partial charge in [-0.05, 0) is 30.2 Å². The van der Waals surface area contributed by atoms with Gasteiger partial charge in [0.05, 0.1) is 5.25 Å². The van der Waals surface area contributed by atoms with Gasteiger partial charge in [-0.1, -0.05) is 37.2 Å². The summed E-state index contributed by atoms with van der Waals surface area (Å²) in [5.41, 5.74) is 5.89. The Hall–Kier alpha value is -2.06. The van der Waals surface area contributed by atoms with Gasteiger partial charge in [-0.3, -0.25) is 10.1 Å². The molecule has 2 aromatic rings. The highest BCUT2D eigenvalue weighted by Gasteiger charge is 2.27. The molecule has 2 rings (SSSR count). The first-order chi connectivity index (χ1) is 11.3. The van der Waals surface area contributed by atoms with Gasteiger partial charge in [0.2, 0.25) is 5.91 Å². The number of aromatic nitrogens is 3. The number of carbonyl (C=O) groups excluding carboxylic acids is 2. The number of benzene rings is 1. The van der Waals surface area contributed by atoms with E-state index in [2.05, 4.69) is 15.5 Å². The van der Waals surface area contributed by atoms with Crippen molar-refractivity contribution in [2.45, 2.75) is 24.3 Å². The molecule has 24 heavy (non-hydrogen) atoms. The molecule has 0 saturated heterocycles. The van der Waals surface area contributed by atoms with Crippen LogP contribution in [0.4, 0.5) is 4.79 Å². The number of nitrogens with two attached hydrogens (primary N) is 1. The first kappa shape index (κ1) is 18.3. The Bertz CT molecular complexity index is 745. The average molecular weight is 368 g/mol. The summed E-state index contributed by atoms with van der Waals surface area (Å²) in [6.07, 6.45) is 0. The van der Waals surface area contributed by atoms with Crippen molar-refractivity contribution in [3.05, 3.63) is 29.3 Å². The molecule has 0 saturated carbocycles. The van der Waals surface area contributed by atoms with Gasteiger partial charge in [-0.15, -0.1) is 10.2 Å². The normalized spacial score (nSPS) is 12.2. The van der Waals surface area contributed by atoms with Gasteiger partial charge in [0.25, 0.3) is 0 Å². The van der Waals surface area contributed by atoms with Crippen LogP contribution in [0.3, 0.4) is 0 Å². The molecular formula is C15H18ClN5O2S. The maximum Gasteiger partial charge on any atom is 0.318 e. The van der Waals surface area contributed by atoms with Gasteiger partial charge in [0.1, 0.15) is 0 Å². The van der Waals surface area contributed by atoms with Crippen LogP contribution >= 0.6 is 23.4 Å². The summed E-state index contributed by atoms with van der Waals surface area (Å²) >= 11 is 7.13. The highest BCUT2D eigenvalue weighted by molar-refractivity contribution is 8.00. The molecule has 3 amide bonds. The molecule has 0 aliphatic carbocycles. The zero-order valence-electron chi connectivity index (χ0n) is 13.5. The third-order valence-electron chi connectivity index (χ3n) is 3.28. The van der Waals surface area contributed by atoms with Crippen LogP contribution in [0.25, 0.3) is 11.4 Å². The van der Waals surface area contributed by atoms with Crippen molar-refractivity contribution in [3.63, 3.8) is 0 Å². The standard InChI is InChI=1S/C15H18ClN5O2S/c1-8(2)11(13(22)18-14(17)23)24-15-20-19-12(21(15)3)9-4-6-10(16)7-5-9/h4-8,11H,1-3H3,(H3,17,18,22,23)/t11-/m1/s1. The Labute approximate surface area is 149 Å². The fourth-order valence-electron chi connectivity index (χ4n) is 2.07. The molecule has 1 aromatic carbocycles. The van der Waals surface area contributed by atoms with Crippen molar-refractivity contribution in [2.75, 3.05) is 0 Å². The number of primary amides is 1. The van der Waals surface area contributed by atoms with Crippen molar-refractivity contribution in [2.24, 2.45) is 18.7 Å². The summed E-state index contributed by atoms with van der Waals surface area (Å²) < 4.78 is 1.79. The second-order valence-electron chi connectivity index (χ2n) is 5.51. The molecule has 0 unspecified atom stereocenters. The fraction of sp³-hybridized carbons (Fsp3) is 0.333. The number of halogens is 1. The topological polar surface area (TPSA) is 103 Å². The van der Waals surface area contributed by atoms with E-state index in [0.717, 1.165) is 5.56 Å². The molecular weight excluding hydrogens is 350 g/mol. The number of carbonyl (C=O) groups is 2. The third-order valence-corrected chi connectivity index (χ3v) is 5.11. The average Bonchev–Trinajstić information content (AvgIpc) is 2.85. The van der Waals surface area contributed by atoms with Crippen molar-refractivity contribution in [3.8, 4) is 11.4 Å². The highest BCUT2D eigenvalue weighted by Crippen LogP contribution is 2.29. The maximum absolute atomic E-state index is 12.1. The van der Waals surface area contributed by atoms with Crippen molar-refractivity contribution in [1.82, 2.24) is 20.1 Å². The molecule has 9 heteroatoms. The number of nitrogens with one attached hydrogen (secondary N) is 1.